The summed E-state index contributed by atoms with van der Waals surface area (Å²) in [6.45, 7) is 6.64. The summed E-state index contributed by atoms with van der Waals surface area (Å²) in [4.78, 5) is 1.37. The second kappa shape index (κ2) is 5.67. The topological polar surface area (TPSA) is 0 Å². The molecule has 0 unspecified atom stereocenters. The summed E-state index contributed by atoms with van der Waals surface area (Å²) >= 11 is 7.78. The summed E-state index contributed by atoms with van der Waals surface area (Å²) in [5.41, 5.74) is 2.59. The average Bonchev–Trinajstić information content (AvgIpc) is 2.16. The van der Waals surface area contributed by atoms with Crippen LogP contribution in [0, 0.1) is 12.8 Å². The average molecular weight is 229 g/mol. The van der Waals surface area contributed by atoms with Crippen molar-refractivity contribution in [2.45, 2.75) is 31.5 Å². The van der Waals surface area contributed by atoms with Crippen LogP contribution in [0.5, 0.6) is 0 Å². The fraction of sp³-hybridized carbons (Fsp3) is 0.500. The van der Waals surface area contributed by atoms with Gasteiger partial charge in [-0.15, -0.1) is 23.4 Å². The van der Waals surface area contributed by atoms with Crippen molar-refractivity contribution >= 4 is 23.4 Å². The van der Waals surface area contributed by atoms with Crippen LogP contribution in [0.2, 0.25) is 0 Å². The summed E-state index contributed by atoms with van der Waals surface area (Å²) in [6, 6.07) is 6.37. The van der Waals surface area contributed by atoms with Crippen molar-refractivity contribution in [3.8, 4) is 0 Å². The molecular formula is C12H17ClS. The molecule has 0 nitrogen and oxygen atoms in total. The van der Waals surface area contributed by atoms with Crippen LogP contribution in [0.25, 0.3) is 0 Å². The third-order valence-electron chi connectivity index (χ3n) is 2.11. The van der Waals surface area contributed by atoms with Crippen molar-refractivity contribution in [1.29, 1.82) is 0 Å². The minimum absolute atomic E-state index is 0.613. The molecule has 0 atom stereocenters. The quantitative estimate of drug-likeness (QED) is 0.541. The van der Waals surface area contributed by atoms with Crippen LogP contribution in [-0.2, 0) is 5.88 Å². The molecule has 0 N–H and O–H groups in total. The van der Waals surface area contributed by atoms with Crippen LogP contribution in [0.4, 0.5) is 0 Å². The van der Waals surface area contributed by atoms with Crippen LogP contribution in [0.3, 0.4) is 0 Å². The third kappa shape index (κ3) is 3.21. The van der Waals surface area contributed by atoms with Gasteiger partial charge in [0, 0.05) is 16.5 Å². The number of alkyl halides is 1. The van der Waals surface area contributed by atoms with Gasteiger partial charge in [0.2, 0.25) is 0 Å². The monoisotopic (exact) mass is 228 g/mol. The molecule has 1 rings (SSSR count). The molecule has 0 bridgehead atoms. The van der Waals surface area contributed by atoms with E-state index in [2.05, 4.69) is 39.0 Å². The Morgan fingerprint density at radius 1 is 1.36 bits per heavy atom. The molecule has 0 aliphatic heterocycles. The van der Waals surface area contributed by atoms with Crippen molar-refractivity contribution < 1.29 is 0 Å². The predicted molar refractivity (Wildman–Crippen MR) is 66.3 cm³/mol. The summed E-state index contributed by atoms with van der Waals surface area (Å²) in [7, 11) is 0. The Morgan fingerprint density at radius 2 is 2.07 bits per heavy atom. The molecule has 0 saturated heterocycles. The van der Waals surface area contributed by atoms with Gasteiger partial charge in [0.1, 0.15) is 0 Å². The van der Waals surface area contributed by atoms with Crippen LogP contribution < -0.4 is 0 Å². The van der Waals surface area contributed by atoms with Crippen molar-refractivity contribution in [1.82, 2.24) is 0 Å². The Labute approximate surface area is 96.0 Å². The normalized spacial score (nSPS) is 10.9. The molecular weight excluding hydrogens is 212 g/mol. The lowest BCUT2D eigenvalue weighted by molar-refractivity contribution is 0.750. The van der Waals surface area contributed by atoms with E-state index in [1.807, 2.05) is 11.8 Å². The Balaban J connectivity index is 2.76. The molecule has 0 spiro atoms. The molecule has 78 valence electrons. The van der Waals surface area contributed by atoms with Gasteiger partial charge in [-0.1, -0.05) is 26.0 Å². The van der Waals surface area contributed by atoms with Gasteiger partial charge in [-0.2, -0.15) is 0 Å². The Bertz CT molecular complexity index is 294. The van der Waals surface area contributed by atoms with Gasteiger partial charge in [0.05, 0.1) is 0 Å². The maximum Gasteiger partial charge on any atom is 0.0477 e. The van der Waals surface area contributed by atoms with Gasteiger partial charge < -0.3 is 0 Å². The number of hydrogen-bond acceptors (Lipinski definition) is 1. The second-order valence-corrected chi connectivity index (χ2v) is 5.21. The summed E-state index contributed by atoms with van der Waals surface area (Å²) in [6.07, 6.45) is 0. The standard InChI is InChI=1S/C12H17ClS/c1-9(2)8-14-12-6-4-5-11(7-13)10(12)3/h4-6,9H,7-8H2,1-3H3. The van der Waals surface area contributed by atoms with Gasteiger partial charge in [-0.25, -0.2) is 0 Å². The first-order valence-electron chi connectivity index (χ1n) is 4.92. The van der Waals surface area contributed by atoms with Crippen molar-refractivity contribution in [3.63, 3.8) is 0 Å². The summed E-state index contributed by atoms with van der Waals surface area (Å²) in [5.74, 6) is 2.52. The molecule has 1 aromatic rings. The molecule has 14 heavy (non-hydrogen) atoms. The van der Waals surface area contributed by atoms with Gasteiger partial charge in [-0.05, 0) is 30.0 Å². The number of hydrogen-bond donors (Lipinski definition) is 0. The number of thioether (sulfide) groups is 1. The van der Waals surface area contributed by atoms with E-state index in [1.165, 1.54) is 21.8 Å². The maximum absolute atomic E-state index is 5.86. The predicted octanol–water partition coefficient (Wildman–Crippen LogP) is 4.48. The molecule has 0 aromatic heterocycles. The molecule has 0 aliphatic carbocycles. The highest BCUT2D eigenvalue weighted by atomic mass is 35.5. The van der Waals surface area contributed by atoms with Gasteiger partial charge in [0.25, 0.3) is 0 Å². The highest BCUT2D eigenvalue weighted by Gasteiger charge is 2.04. The first kappa shape index (κ1) is 11.9. The lowest BCUT2D eigenvalue weighted by atomic mass is 10.1. The first-order valence-corrected chi connectivity index (χ1v) is 6.44. The molecule has 0 radical (unpaired) electrons. The van der Waals surface area contributed by atoms with Crippen LogP contribution in [0.15, 0.2) is 23.1 Å². The Morgan fingerprint density at radius 3 is 2.64 bits per heavy atom. The molecule has 2 heteroatoms. The van der Waals surface area contributed by atoms with E-state index in [-0.39, 0.29) is 0 Å². The van der Waals surface area contributed by atoms with Crippen LogP contribution >= 0.6 is 23.4 Å². The summed E-state index contributed by atoms with van der Waals surface area (Å²) < 4.78 is 0. The van der Waals surface area contributed by atoms with E-state index < -0.39 is 0 Å². The summed E-state index contributed by atoms with van der Waals surface area (Å²) in [5, 5.41) is 0. The van der Waals surface area contributed by atoms with Gasteiger partial charge in [0.15, 0.2) is 0 Å². The minimum Gasteiger partial charge on any atom is -0.126 e. The lowest BCUT2D eigenvalue weighted by Crippen LogP contribution is -1.93. The Hall–Kier alpha value is -0.140. The van der Waals surface area contributed by atoms with E-state index in [0.717, 1.165) is 5.92 Å². The van der Waals surface area contributed by atoms with Crippen LogP contribution in [-0.4, -0.2) is 5.75 Å². The SMILES string of the molecule is Cc1c(CCl)cccc1SCC(C)C. The van der Waals surface area contributed by atoms with Gasteiger partial charge >= 0.3 is 0 Å². The molecule has 0 aliphatic rings. The maximum atomic E-state index is 5.86. The molecule has 0 saturated carbocycles. The first-order chi connectivity index (χ1) is 6.65. The van der Waals surface area contributed by atoms with E-state index >= 15 is 0 Å². The zero-order valence-corrected chi connectivity index (χ0v) is 10.6. The molecule has 1 aromatic carbocycles. The lowest BCUT2D eigenvalue weighted by Gasteiger charge is -2.10. The number of benzene rings is 1. The fourth-order valence-corrected chi connectivity index (χ4v) is 2.54. The Kier molecular flexibility index (Phi) is 4.83. The minimum atomic E-state index is 0.613. The number of rotatable bonds is 4. The van der Waals surface area contributed by atoms with Gasteiger partial charge in [-0.3, -0.25) is 0 Å². The largest absolute Gasteiger partial charge is 0.126 e. The van der Waals surface area contributed by atoms with Crippen molar-refractivity contribution in [2.24, 2.45) is 5.92 Å². The van der Waals surface area contributed by atoms with Crippen LogP contribution in [0.1, 0.15) is 25.0 Å². The van der Waals surface area contributed by atoms with E-state index in [4.69, 9.17) is 11.6 Å². The smallest absolute Gasteiger partial charge is 0.0477 e. The fourth-order valence-electron chi connectivity index (χ4n) is 1.22. The molecule has 0 amide bonds. The number of halogens is 1. The molecule has 0 heterocycles. The third-order valence-corrected chi connectivity index (χ3v) is 3.99. The zero-order chi connectivity index (χ0) is 10.6. The van der Waals surface area contributed by atoms with E-state index in [9.17, 15) is 0 Å². The zero-order valence-electron chi connectivity index (χ0n) is 9.01. The van der Waals surface area contributed by atoms with Crippen molar-refractivity contribution in [2.75, 3.05) is 5.75 Å². The van der Waals surface area contributed by atoms with Crippen molar-refractivity contribution in [3.05, 3.63) is 29.3 Å². The van der Waals surface area contributed by atoms with E-state index in [0.29, 0.717) is 5.88 Å². The second-order valence-electron chi connectivity index (χ2n) is 3.88. The molecule has 0 fully saturated rings. The van der Waals surface area contributed by atoms with E-state index in [1.54, 1.807) is 0 Å². The highest BCUT2D eigenvalue weighted by molar-refractivity contribution is 7.99. The highest BCUT2D eigenvalue weighted by Crippen LogP contribution is 2.27.